The Morgan fingerprint density at radius 3 is 2.31 bits per heavy atom. The number of carbonyl (C=O) groups is 3. The normalized spacial score (nSPS) is 10.5. The molecule has 0 unspecified atom stereocenters. The summed E-state index contributed by atoms with van der Waals surface area (Å²) in [6.07, 6.45) is 0. The van der Waals surface area contributed by atoms with Crippen LogP contribution < -0.4 is 5.32 Å². The zero-order chi connectivity index (χ0) is 21.1. The molecule has 1 aromatic heterocycles. The maximum Gasteiger partial charge on any atom is 0.337 e. The van der Waals surface area contributed by atoms with Gasteiger partial charge < -0.3 is 10.1 Å². The molecule has 0 aliphatic rings. The fraction of sp³-hybridized carbons (Fsp3) is 0.182. The highest BCUT2D eigenvalue weighted by molar-refractivity contribution is 6.47. The lowest BCUT2D eigenvalue weighted by atomic mass is 10.1. The number of nitrogens with one attached hydrogen (secondary N) is 1. The molecule has 3 aromatic rings. The maximum atomic E-state index is 12.8. The van der Waals surface area contributed by atoms with Crippen molar-refractivity contribution in [1.29, 1.82) is 0 Å². The number of para-hydroxylation sites is 1. The zero-order valence-corrected chi connectivity index (χ0v) is 16.6. The van der Waals surface area contributed by atoms with Crippen LogP contribution in [0.2, 0.25) is 0 Å². The van der Waals surface area contributed by atoms with Crippen molar-refractivity contribution in [1.82, 2.24) is 9.78 Å². The van der Waals surface area contributed by atoms with Gasteiger partial charge in [-0.1, -0.05) is 18.2 Å². The minimum atomic E-state index is -0.766. The molecule has 0 aliphatic carbocycles. The number of aryl methyl sites for hydroxylation is 2. The van der Waals surface area contributed by atoms with Gasteiger partial charge in [0, 0.05) is 5.69 Å². The number of rotatable bonds is 5. The summed E-state index contributed by atoms with van der Waals surface area (Å²) in [7, 11) is 1.30. The van der Waals surface area contributed by atoms with Crippen molar-refractivity contribution in [3.05, 3.63) is 76.6 Å². The van der Waals surface area contributed by atoms with E-state index in [0.29, 0.717) is 28.2 Å². The Morgan fingerprint density at radius 2 is 1.69 bits per heavy atom. The Labute approximate surface area is 168 Å². The van der Waals surface area contributed by atoms with Gasteiger partial charge in [-0.3, -0.25) is 9.59 Å². The number of anilines is 1. The van der Waals surface area contributed by atoms with Gasteiger partial charge in [0.05, 0.1) is 35.3 Å². The van der Waals surface area contributed by atoms with Gasteiger partial charge in [0.15, 0.2) is 0 Å². The predicted molar refractivity (Wildman–Crippen MR) is 109 cm³/mol. The Balaban J connectivity index is 1.85. The molecule has 3 rings (SSSR count). The van der Waals surface area contributed by atoms with E-state index in [2.05, 4.69) is 15.2 Å². The number of hydrogen-bond acceptors (Lipinski definition) is 5. The van der Waals surface area contributed by atoms with Gasteiger partial charge in [0.1, 0.15) is 0 Å². The molecule has 29 heavy (non-hydrogen) atoms. The highest BCUT2D eigenvalue weighted by Crippen LogP contribution is 2.21. The van der Waals surface area contributed by atoms with Crippen molar-refractivity contribution in [3.8, 4) is 5.69 Å². The van der Waals surface area contributed by atoms with E-state index < -0.39 is 17.7 Å². The first-order valence-electron chi connectivity index (χ1n) is 8.99. The van der Waals surface area contributed by atoms with Crippen LogP contribution in [0.3, 0.4) is 0 Å². The molecule has 0 bridgehead atoms. The summed E-state index contributed by atoms with van der Waals surface area (Å²) in [5.74, 6) is -1.90. The van der Waals surface area contributed by atoms with Crippen LogP contribution in [0.4, 0.5) is 5.69 Å². The molecule has 0 aliphatic heterocycles. The highest BCUT2D eigenvalue weighted by atomic mass is 16.5. The summed E-state index contributed by atoms with van der Waals surface area (Å²) in [5.41, 5.74) is 3.60. The van der Waals surface area contributed by atoms with Crippen LogP contribution in [-0.4, -0.2) is 34.6 Å². The second-order valence-electron chi connectivity index (χ2n) is 6.60. The molecule has 7 heteroatoms. The Morgan fingerprint density at radius 1 is 1.00 bits per heavy atom. The maximum absolute atomic E-state index is 12.8. The lowest BCUT2D eigenvalue weighted by Gasteiger charge is -2.09. The minimum Gasteiger partial charge on any atom is -0.465 e. The Bertz CT molecular complexity index is 1100. The molecule has 0 fully saturated rings. The molecule has 1 N–H and O–H groups in total. The van der Waals surface area contributed by atoms with E-state index in [9.17, 15) is 14.4 Å². The highest BCUT2D eigenvalue weighted by Gasteiger charge is 2.25. The van der Waals surface area contributed by atoms with Crippen LogP contribution in [0.25, 0.3) is 5.69 Å². The van der Waals surface area contributed by atoms with Crippen LogP contribution in [0.15, 0.2) is 48.5 Å². The Kier molecular flexibility index (Phi) is 5.59. The molecule has 1 heterocycles. The number of nitrogens with zero attached hydrogens (tertiary/aromatic N) is 2. The standard InChI is InChI=1S/C22H21N3O4/c1-13-12-16(22(28)29-4)10-11-18(13)23-21(27)20(26)19-14(2)24-25(15(19)3)17-8-6-5-7-9-17/h5-12H,1-4H3,(H,23,27). The number of carbonyl (C=O) groups excluding carboxylic acids is 3. The third-order valence-corrected chi connectivity index (χ3v) is 4.62. The van der Waals surface area contributed by atoms with Crippen LogP contribution in [0.5, 0.6) is 0 Å². The first kappa shape index (κ1) is 20.0. The lowest BCUT2D eigenvalue weighted by molar-refractivity contribution is -0.112. The van der Waals surface area contributed by atoms with E-state index in [1.54, 1.807) is 37.6 Å². The van der Waals surface area contributed by atoms with E-state index in [1.165, 1.54) is 13.2 Å². The number of ketones is 1. The molecule has 1 amide bonds. The molecule has 2 aromatic carbocycles. The topological polar surface area (TPSA) is 90.3 Å². The predicted octanol–water partition coefficient (Wildman–Crippen LogP) is 3.41. The van der Waals surface area contributed by atoms with Crippen molar-refractivity contribution in [2.24, 2.45) is 0 Å². The fourth-order valence-corrected chi connectivity index (χ4v) is 3.13. The number of aromatic nitrogens is 2. The number of ether oxygens (including phenoxy) is 1. The van der Waals surface area contributed by atoms with Crippen LogP contribution >= 0.6 is 0 Å². The summed E-state index contributed by atoms with van der Waals surface area (Å²) in [6, 6.07) is 14.1. The number of amides is 1. The van der Waals surface area contributed by atoms with Gasteiger partial charge in [-0.05, 0) is 56.7 Å². The van der Waals surface area contributed by atoms with E-state index >= 15 is 0 Å². The van der Waals surface area contributed by atoms with Crippen LogP contribution in [0.1, 0.15) is 37.7 Å². The van der Waals surface area contributed by atoms with Gasteiger partial charge in [0.25, 0.3) is 11.7 Å². The van der Waals surface area contributed by atoms with E-state index in [-0.39, 0.29) is 5.56 Å². The van der Waals surface area contributed by atoms with Gasteiger partial charge in [0.2, 0.25) is 0 Å². The average molecular weight is 391 g/mol. The number of hydrogen-bond donors (Lipinski definition) is 1. The third kappa shape index (κ3) is 3.94. The number of Topliss-reactive ketones (excluding diaryl/α,β-unsaturated/α-hetero) is 1. The summed E-state index contributed by atoms with van der Waals surface area (Å²) >= 11 is 0. The van der Waals surface area contributed by atoms with E-state index in [4.69, 9.17) is 0 Å². The van der Waals surface area contributed by atoms with Crippen molar-refractivity contribution >= 4 is 23.3 Å². The molecular formula is C22H21N3O4. The van der Waals surface area contributed by atoms with Gasteiger partial charge in [-0.15, -0.1) is 0 Å². The monoisotopic (exact) mass is 391 g/mol. The van der Waals surface area contributed by atoms with Crippen LogP contribution in [0, 0.1) is 20.8 Å². The van der Waals surface area contributed by atoms with Crippen molar-refractivity contribution < 1.29 is 19.1 Å². The van der Waals surface area contributed by atoms with Gasteiger partial charge in [-0.2, -0.15) is 5.10 Å². The van der Waals surface area contributed by atoms with Gasteiger partial charge in [-0.25, -0.2) is 9.48 Å². The van der Waals surface area contributed by atoms with Crippen molar-refractivity contribution in [2.45, 2.75) is 20.8 Å². The van der Waals surface area contributed by atoms with Crippen LogP contribution in [-0.2, 0) is 9.53 Å². The molecule has 0 spiro atoms. The number of methoxy groups -OCH3 is 1. The number of esters is 1. The van der Waals surface area contributed by atoms with Crippen molar-refractivity contribution in [3.63, 3.8) is 0 Å². The largest absolute Gasteiger partial charge is 0.465 e. The molecular weight excluding hydrogens is 370 g/mol. The fourth-order valence-electron chi connectivity index (χ4n) is 3.13. The molecule has 7 nitrogen and oxygen atoms in total. The third-order valence-electron chi connectivity index (χ3n) is 4.62. The van der Waals surface area contributed by atoms with E-state index in [1.807, 2.05) is 30.3 Å². The first-order valence-corrected chi connectivity index (χ1v) is 8.99. The second kappa shape index (κ2) is 8.10. The summed E-state index contributed by atoms with van der Waals surface area (Å²) in [6.45, 7) is 5.18. The zero-order valence-electron chi connectivity index (χ0n) is 16.6. The smallest absolute Gasteiger partial charge is 0.337 e. The van der Waals surface area contributed by atoms with Gasteiger partial charge >= 0.3 is 5.97 Å². The molecule has 148 valence electrons. The average Bonchev–Trinajstić information content (AvgIpc) is 3.02. The molecule has 0 saturated carbocycles. The van der Waals surface area contributed by atoms with E-state index in [0.717, 1.165) is 5.69 Å². The minimum absolute atomic E-state index is 0.273. The molecule has 0 atom stereocenters. The molecule has 0 saturated heterocycles. The second-order valence-corrected chi connectivity index (χ2v) is 6.60. The Hall–Kier alpha value is -3.74. The quantitative estimate of drug-likeness (QED) is 0.409. The summed E-state index contributed by atoms with van der Waals surface area (Å²) < 4.78 is 6.33. The SMILES string of the molecule is COC(=O)c1ccc(NC(=O)C(=O)c2c(C)nn(-c3ccccc3)c2C)c(C)c1. The summed E-state index contributed by atoms with van der Waals surface area (Å²) in [5, 5.41) is 7.03. The lowest BCUT2D eigenvalue weighted by Crippen LogP contribution is -2.24. The summed E-state index contributed by atoms with van der Waals surface area (Å²) in [4.78, 5) is 37.0. The van der Waals surface area contributed by atoms with Crippen molar-refractivity contribution in [2.75, 3.05) is 12.4 Å². The first-order chi connectivity index (χ1) is 13.8. The number of benzene rings is 2. The molecule has 0 radical (unpaired) electrons.